The average molecular weight is 520 g/mol. The molecule has 1 heterocycles. The maximum absolute atomic E-state index is 13.6. The fourth-order valence-electron chi connectivity index (χ4n) is 3.73. The number of alkyl halides is 3. The number of fused-ring (bicyclic) bond motifs is 1. The van der Waals surface area contributed by atoms with E-state index in [1.54, 1.807) is 63.2 Å². The van der Waals surface area contributed by atoms with Gasteiger partial charge in [0.25, 0.3) is 0 Å². The van der Waals surface area contributed by atoms with Gasteiger partial charge in [0, 0.05) is 21.7 Å². The van der Waals surface area contributed by atoms with Gasteiger partial charge in [0.05, 0.1) is 21.2 Å². The molecule has 0 atom stereocenters. The average Bonchev–Trinajstić information content (AvgIpc) is 2.79. The van der Waals surface area contributed by atoms with Gasteiger partial charge in [-0.05, 0) is 74.9 Å². The lowest BCUT2D eigenvalue weighted by atomic mass is 9.97. The fourth-order valence-corrected chi connectivity index (χ4v) is 5.04. The standard InChI is InChI=1S/C26H21ClF3NO3S/c1-15(2)35(32,33)19-7-4-6-17(13-19)34-18-10-11-24(27)22(14-18)21-12-16(3)31-25-20(21)8-5-9-23(25)26(28,29)30/h4-15H,1-3H3. The van der Waals surface area contributed by atoms with E-state index in [4.69, 9.17) is 16.3 Å². The van der Waals surface area contributed by atoms with Gasteiger partial charge in [-0.15, -0.1) is 0 Å². The summed E-state index contributed by atoms with van der Waals surface area (Å²) in [5.74, 6) is 0.646. The molecule has 0 fully saturated rings. The lowest BCUT2D eigenvalue weighted by Gasteiger charge is -2.15. The second-order valence-electron chi connectivity index (χ2n) is 8.32. The summed E-state index contributed by atoms with van der Waals surface area (Å²) < 4.78 is 71.8. The first-order valence-electron chi connectivity index (χ1n) is 10.7. The molecule has 0 radical (unpaired) electrons. The molecular formula is C26H21ClF3NO3S. The van der Waals surface area contributed by atoms with E-state index in [2.05, 4.69) is 4.98 Å². The van der Waals surface area contributed by atoms with Gasteiger partial charge >= 0.3 is 6.18 Å². The molecule has 35 heavy (non-hydrogen) atoms. The number of nitrogens with zero attached hydrogens (tertiary/aromatic N) is 1. The number of aryl methyl sites for hydroxylation is 1. The Labute approximate surface area is 206 Å². The van der Waals surface area contributed by atoms with Crippen LogP contribution in [0.3, 0.4) is 0 Å². The molecule has 0 unspecified atom stereocenters. The number of benzene rings is 3. The summed E-state index contributed by atoms with van der Waals surface area (Å²) in [6, 6.07) is 16.5. The van der Waals surface area contributed by atoms with Gasteiger partial charge in [0.15, 0.2) is 9.84 Å². The normalized spacial score (nSPS) is 12.3. The summed E-state index contributed by atoms with van der Waals surface area (Å²) in [7, 11) is -3.49. The minimum atomic E-state index is -4.56. The Kier molecular flexibility index (Phi) is 6.55. The molecule has 182 valence electrons. The molecular weight excluding hydrogens is 499 g/mol. The fraction of sp³-hybridized carbons (Fsp3) is 0.192. The molecule has 3 aromatic carbocycles. The Morgan fingerprint density at radius 2 is 1.60 bits per heavy atom. The third kappa shape index (κ3) is 4.99. The number of hydrogen-bond acceptors (Lipinski definition) is 4. The Balaban J connectivity index is 1.81. The van der Waals surface area contributed by atoms with Crippen molar-refractivity contribution in [2.45, 2.75) is 37.1 Å². The Bertz CT molecular complexity index is 1530. The summed E-state index contributed by atoms with van der Waals surface area (Å²) in [6.45, 7) is 4.81. The van der Waals surface area contributed by atoms with Gasteiger partial charge in [-0.25, -0.2) is 8.42 Å². The van der Waals surface area contributed by atoms with Gasteiger partial charge in [-0.2, -0.15) is 13.2 Å². The van der Waals surface area contributed by atoms with E-state index in [9.17, 15) is 21.6 Å². The zero-order valence-corrected chi connectivity index (χ0v) is 20.6. The highest BCUT2D eigenvalue weighted by Crippen LogP contribution is 2.40. The van der Waals surface area contributed by atoms with Crippen LogP contribution in [0.15, 0.2) is 71.6 Å². The minimum absolute atomic E-state index is 0.134. The number of sulfone groups is 1. The lowest BCUT2D eigenvalue weighted by molar-refractivity contribution is -0.136. The predicted octanol–water partition coefficient (Wildman–Crippen LogP) is 7.86. The van der Waals surface area contributed by atoms with Crippen molar-refractivity contribution in [2.75, 3.05) is 0 Å². The second kappa shape index (κ2) is 9.17. The molecule has 0 amide bonds. The van der Waals surface area contributed by atoms with Crippen molar-refractivity contribution in [1.29, 1.82) is 0 Å². The molecule has 0 aliphatic heterocycles. The molecule has 9 heteroatoms. The van der Waals surface area contributed by atoms with Crippen molar-refractivity contribution < 1.29 is 26.3 Å². The van der Waals surface area contributed by atoms with E-state index >= 15 is 0 Å². The van der Waals surface area contributed by atoms with Crippen LogP contribution in [0.4, 0.5) is 13.2 Å². The summed E-state index contributed by atoms with van der Waals surface area (Å²) in [6.07, 6.45) is -4.56. The van der Waals surface area contributed by atoms with Crippen molar-refractivity contribution in [3.05, 3.63) is 83.0 Å². The van der Waals surface area contributed by atoms with Crippen molar-refractivity contribution in [1.82, 2.24) is 4.98 Å². The molecule has 0 saturated carbocycles. The van der Waals surface area contributed by atoms with Crippen molar-refractivity contribution in [3.63, 3.8) is 0 Å². The van der Waals surface area contributed by atoms with Crippen LogP contribution in [0.5, 0.6) is 11.5 Å². The Morgan fingerprint density at radius 3 is 2.29 bits per heavy atom. The molecule has 0 N–H and O–H groups in total. The van der Waals surface area contributed by atoms with Crippen LogP contribution in [0.1, 0.15) is 25.1 Å². The van der Waals surface area contributed by atoms with E-state index in [0.29, 0.717) is 38.7 Å². The van der Waals surface area contributed by atoms with Crippen LogP contribution >= 0.6 is 11.6 Å². The Morgan fingerprint density at radius 1 is 0.914 bits per heavy atom. The highest BCUT2D eigenvalue weighted by molar-refractivity contribution is 7.92. The number of aromatic nitrogens is 1. The third-order valence-electron chi connectivity index (χ3n) is 5.49. The van der Waals surface area contributed by atoms with E-state index in [0.717, 1.165) is 6.07 Å². The van der Waals surface area contributed by atoms with Gasteiger partial charge in [-0.3, -0.25) is 4.98 Å². The third-order valence-corrected chi connectivity index (χ3v) is 7.97. The Hall–Kier alpha value is -3.10. The van der Waals surface area contributed by atoms with Gasteiger partial charge in [-0.1, -0.05) is 29.8 Å². The largest absolute Gasteiger partial charge is 0.457 e. The number of rotatable bonds is 5. The van der Waals surface area contributed by atoms with E-state index in [1.165, 1.54) is 18.2 Å². The molecule has 0 aliphatic carbocycles. The van der Waals surface area contributed by atoms with Gasteiger partial charge in [0.2, 0.25) is 0 Å². The van der Waals surface area contributed by atoms with Crippen LogP contribution in [-0.2, 0) is 16.0 Å². The van der Waals surface area contributed by atoms with Gasteiger partial charge < -0.3 is 4.74 Å². The SMILES string of the molecule is Cc1cc(-c2cc(Oc3cccc(S(=O)(=O)C(C)C)c3)ccc2Cl)c2cccc(C(F)(F)F)c2n1. The first-order valence-corrected chi connectivity index (χ1v) is 12.6. The lowest BCUT2D eigenvalue weighted by Crippen LogP contribution is -2.13. The highest BCUT2D eigenvalue weighted by Gasteiger charge is 2.33. The first kappa shape index (κ1) is 25.0. The summed E-state index contributed by atoms with van der Waals surface area (Å²) in [5.41, 5.74) is 0.351. The van der Waals surface area contributed by atoms with Crippen LogP contribution in [0.2, 0.25) is 5.02 Å². The molecule has 4 rings (SSSR count). The molecule has 1 aromatic heterocycles. The molecule has 4 nitrogen and oxygen atoms in total. The monoisotopic (exact) mass is 519 g/mol. The maximum atomic E-state index is 13.6. The van der Waals surface area contributed by atoms with Crippen LogP contribution in [0.25, 0.3) is 22.0 Å². The number of ether oxygens (including phenoxy) is 1. The van der Waals surface area contributed by atoms with E-state index in [-0.39, 0.29) is 10.4 Å². The zero-order valence-electron chi connectivity index (χ0n) is 19.0. The topological polar surface area (TPSA) is 56.3 Å². The van der Waals surface area contributed by atoms with Crippen molar-refractivity contribution in [2.24, 2.45) is 0 Å². The van der Waals surface area contributed by atoms with Crippen LogP contribution < -0.4 is 4.74 Å². The number of halogens is 4. The van der Waals surface area contributed by atoms with Crippen molar-refractivity contribution >= 4 is 32.3 Å². The number of hydrogen-bond donors (Lipinski definition) is 0. The van der Waals surface area contributed by atoms with Crippen molar-refractivity contribution in [3.8, 4) is 22.6 Å². The summed E-state index contributed by atoms with van der Waals surface area (Å²) >= 11 is 6.46. The maximum Gasteiger partial charge on any atom is 0.418 e. The van der Waals surface area contributed by atoms with Crippen LogP contribution in [-0.4, -0.2) is 18.7 Å². The first-order chi connectivity index (χ1) is 16.4. The molecule has 0 bridgehead atoms. The second-order valence-corrected chi connectivity index (χ2v) is 11.2. The van der Waals surface area contributed by atoms with Gasteiger partial charge in [0.1, 0.15) is 11.5 Å². The highest BCUT2D eigenvalue weighted by atomic mass is 35.5. The quantitative estimate of drug-likeness (QED) is 0.269. The van der Waals surface area contributed by atoms with Crippen LogP contribution in [0, 0.1) is 6.92 Å². The molecule has 0 saturated heterocycles. The molecule has 4 aromatic rings. The molecule has 0 aliphatic rings. The molecule has 0 spiro atoms. The smallest absolute Gasteiger partial charge is 0.418 e. The van der Waals surface area contributed by atoms with E-state index in [1.807, 2.05) is 0 Å². The minimum Gasteiger partial charge on any atom is -0.457 e. The summed E-state index contributed by atoms with van der Waals surface area (Å²) in [5, 5.41) is 0.0250. The van der Waals surface area contributed by atoms with E-state index < -0.39 is 26.8 Å². The predicted molar refractivity (Wildman–Crippen MR) is 131 cm³/mol. The zero-order chi connectivity index (χ0) is 25.5. The summed E-state index contributed by atoms with van der Waals surface area (Å²) in [4.78, 5) is 4.28. The number of pyridine rings is 1. The number of para-hydroxylation sites is 1.